The summed E-state index contributed by atoms with van der Waals surface area (Å²) in [7, 11) is 0. The quantitative estimate of drug-likeness (QED) is 0.845. The zero-order valence-corrected chi connectivity index (χ0v) is 13.7. The molecule has 0 radical (unpaired) electrons. The van der Waals surface area contributed by atoms with E-state index in [0.29, 0.717) is 18.2 Å². The smallest absolute Gasteiger partial charge is 0.129 e. The first-order valence-corrected chi connectivity index (χ1v) is 9.05. The van der Waals surface area contributed by atoms with E-state index in [1.54, 1.807) is 11.3 Å². The molecule has 2 bridgehead atoms. The number of fused-ring (bicyclic) bond motifs is 3. The normalized spacial score (nSPS) is 29.6. The first kappa shape index (κ1) is 13.1. The molecule has 4 heteroatoms. The molecule has 1 aromatic carbocycles. The fourth-order valence-corrected chi connectivity index (χ4v) is 5.26. The molecule has 3 atom stereocenters. The summed E-state index contributed by atoms with van der Waals surface area (Å²) in [6.07, 6.45) is 6.65. The van der Waals surface area contributed by atoms with Crippen LogP contribution < -0.4 is 10.1 Å². The van der Waals surface area contributed by atoms with Crippen LogP contribution in [0.3, 0.4) is 0 Å². The van der Waals surface area contributed by atoms with Gasteiger partial charge in [0.15, 0.2) is 0 Å². The van der Waals surface area contributed by atoms with Crippen LogP contribution in [0.2, 0.25) is 0 Å². The molecule has 0 spiro atoms. The Balaban J connectivity index is 1.60. The van der Waals surface area contributed by atoms with Crippen LogP contribution in [0.15, 0.2) is 28.1 Å². The first-order chi connectivity index (χ1) is 9.79. The largest absolute Gasteiger partial charge is 0.490 e. The minimum Gasteiger partial charge on any atom is -0.490 e. The molecule has 106 valence electrons. The summed E-state index contributed by atoms with van der Waals surface area (Å²) in [6, 6.07) is 7.70. The van der Waals surface area contributed by atoms with Crippen LogP contribution in [-0.4, -0.2) is 18.2 Å². The van der Waals surface area contributed by atoms with E-state index in [2.05, 4.69) is 44.8 Å². The Morgan fingerprint density at radius 2 is 2.00 bits per heavy atom. The number of piperidine rings is 2. The maximum absolute atomic E-state index is 6.38. The summed E-state index contributed by atoms with van der Waals surface area (Å²) >= 11 is 5.42. The predicted octanol–water partition coefficient (Wildman–Crippen LogP) is 4.72. The number of hydrogen-bond acceptors (Lipinski definition) is 3. The standard InChI is InChI=1S/C16H18BrNOS/c17-13-9-20-15-6-2-5-14(16(13)15)19-12-7-10-3-1-4-11(8-12)18-10/h2,5-6,9-12,18H,1,3-4,7-8H2/t10-,11+,12?. The van der Waals surface area contributed by atoms with Crippen molar-refractivity contribution in [3.05, 3.63) is 28.1 Å². The molecule has 20 heavy (non-hydrogen) atoms. The van der Waals surface area contributed by atoms with E-state index < -0.39 is 0 Å². The molecule has 2 nitrogen and oxygen atoms in total. The van der Waals surface area contributed by atoms with Crippen molar-refractivity contribution in [2.45, 2.75) is 50.3 Å². The van der Waals surface area contributed by atoms with Gasteiger partial charge in [-0.3, -0.25) is 0 Å². The second-order valence-electron chi connectivity index (χ2n) is 5.92. The summed E-state index contributed by atoms with van der Waals surface area (Å²) in [5, 5.41) is 7.11. The number of hydrogen-bond donors (Lipinski definition) is 1. The van der Waals surface area contributed by atoms with E-state index in [9.17, 15) is 0 Å². The minimum atomic E-state index is 0.365. The molecule has 2 aliphatic rings. The topological polar surface area (TPSA) is 21.3 Å². The Labute approximate surface area is 131 Å². The van der Waals surface area contributed by atoms with Crippen LogP contribution in [0.4, 0.5) is 0 Å². The van der Waals surface area contributed by atoms with Crippen molar-refractivity contribution in [3.8, 4) is 5.75 Å². The molecule has 1 N–H and O–H groups in total. The third kappa shape index (κ3) is 2.38. The lowest BCUT2D eigenvalue weighted by Crippen LogP contribution is -2.51. The number of ether oxygens (including phenoxy) is 1. The molecule has 2 fully saturated rings. The van der Waals surface area contributed by atoms with Gasteiger partial charge < -0.3 is 10.1 Å². The summed E-state index contributed by atoms with van der Waals surface area (Å²) in [4.78, 5) is 0. The monoisotopic (exact) mass is 351 g/mol. The highest BCUT2D eigenvalue weighted by molar-refractivity contribution is 9.10. The summed E-state index contributed by atoms with van der Waals surface area (Å²) in [5.74, 6) is 1.04. The number of benzene rings is 1. The van der Waals surface area contributed by atoms with Gasteiger partial charge in [0.05, 0.1) is 0 Å². The Morgan fingerprint density at radius 3 is 2.80 bits per heavy atom. The minimum absolute atomic E-state index is 0.365. The maximum Gasteiger partial charge on any atom is 0.129 e. The average molecular weight is 352 g/mol. The van der Waals surface area contributed by atoms with E-state index in [1.165, 1.54) is 29.3 Å². The molecule has 2 aliphatic heterocycles. The highest BCUT2D eigenvalue weighted by Gasteiger charge is 2.32. The van der Waals surface area contributed by atoms with Crippen molar-refractivity contribution in [2.24, 2.45) is 0 Å². The highest BCUT2D eigenvalue weighted by atomic mass is 79.9. The van der Waals surface area contributed by atoms with Crippen molar-refractivity contribution < 1.29 is 4.74 Å². The zero-order valence-electron chi connectivity index (χ0n) is 11.3. The van der Waals surface area contributed by atoms with E-state index in [4.69, 9.17) is 4.74 Å². The van der Waals surface area contributed by atoms with Crippen LogP contribution in [0.1, 0.15) is 32.1 Å². The van der Waals surface area contributed by atoms with Crippen LogP contribution in [0.5, 0.6) is 5.75 Å². The van der Waals surface area contributed by atoms with Gasteiger partial charge in [-0.05, 0) is 53.7 Å². The molecule has 1 aromatic heterocycles. The number of nitrogens with one attached hydrogen (secondary N) is 1. The third-order valence-electron chi connectivity index (χ3n) is 4.48. The van der Waals surface area contributed by atoms with E-state index in [1.807, 2.05) is 0 Å². The van der Waals surface area contributed by atoms with Crippen molar-refractivity contribution in [3.63, 3.8) is 0 Å². The number of halogens is 1. The molecule has 2 saturated heterocycles. The summed E-state index contributed by atoms with van der Waals surface area (Å²) < 4.78 is 8.83. The van der Waals surface area contributed by atoms with E-state index in [0.717, 1.165) is 23.1 Å². The van der Waals surface area contributed by atoms with Gasteiger partial charge in [0.25, 0.3) is 0 Å². The SMILES string of the molecule is Brc1csc2cccc(OC3C[C@H]4CCC[C@@H](C3)N4)c12. The Bertz CT molecular complexity index is 614. The van der Waals surface area contributed by atoms with Gasteiger partial charge in [-0.1, -0.05) is 12.5 Å². The molecule has 0 saturated carbocycles. The summed E-state index contributed by atoms with van der Waals surface area (Å²) in [6.45, 7) is 0. The Kier molecular flexibility index (Phi) is 3.49. The van der Waals surface area contributed by atoms with Crippen molar-refractivity contribution in [1.82, 2.24) is 5.32 Å². The first-order valence-electron chi connectivity index (χ1n) is 7.38. The lowest BCUT2D eigenvalue weighted by molar-refractivity contribution is 0.0939. The zero-order chi connectivity index (χ0) is 13.5. The van der Waals surface area contributed by atoms with Crippen LogP contribution >= 0.6 is 27.3 Å². The van der Waals surface area contributed by atoms with Crippen LogP contribution in [0.25, 0.3) is 10.1 Å². The molecule has 1 unspecified atom stereocenters. The lowest BCUT2D eigenvalue weighted by Gasteiger charge is -2.40. The Morgan fingerprint density at radius 1 is 1.20 bits per heavy atom. The van der Waals surface area contributed by atoms with Crippen molar-refractivity contribution in [2.75, 3.05) is 0 Å². The second kappa shape index (κ2) is 5.32. The predicted molar refractivity (Wildman–Crippen MR) is 87.7 cm³/mol. The van der Waals surface area contributed by atoms with Gasteiger partial charge in [-0.25, -0.2) is 0 Å². The van der Waals surface area contributed by atoms with E-state index >= 15 is 0 Å². The average Bonchev–Trinajstić information content (AvgIpc) is 2.81. The lowest BCUT2D eigenvalue weighted by atomic mass is 9.85. The van der Waals surface area contributed by atoms with Gasteiger partial charge in [-0.15, -0.1) is 11.3 Å². The van der Waals surface area contributed by atoms with Gasteiger partial charge in [-0.2, -0.15) is 0 Å². The fourth-order valence-electron chi connectivity index (χ4n) is 3.61. The summed E-state index contributed by atoms with van der Waals surface area (Å²) in [5.41, 5.74) is 0. The number of rotatable bonds is 2. The molecule has 0 aliphatic carbocycles. The molecule has 3 heterocycles. The van der Waals surface area contributed by atoms with Crippen molar-refractivity contribution >= 4 is 37.4 Å². The number of thiophene rings is 1. The Hall–Kier alpha value is -0.580. The van der Waals surface area contributed by atoms with E-state index in [-0.39, 0.29) is 0 Å². The molecular weight excluding hydrogens is 334 g/mol. The van der Waals surface area contributed by atoms with Crippen molar-refractivity contribution in [1.29, 1.82) is 0 Å². The molecular formula is C16H18BrNOS. The van der Waals surface area contributed by atoms with Crippen LogP contribution in [-0.2, 0) is 0 Å². The van der Waals surface area contributed by atoms with Gasteiger partial charge in [0.2, 0.25) is 0 Å². The second-order valence-corrected chi connectivity index (χ2v) is 7.68. The highest BCUT2D eigenvalue weighted by Crippen LogP contribution is 2.38. The molecule has 2 aromatic rings. The van der Waals surface area contributed by atoms with Crippen LogP contribution in [0, 0.1) is 0 Å². The third-order valence-corrected chi connectivity index (χ3v) is 6.36. The van der Waals surface area contributed by atoms with Gasteiger partial charge in [0, 0.05) is 32.0 Å². The molecule has 0 amide bonds. The maximum atomic E-state index is 6.38. The van der Waals surface area contributed by atoms with Gasteiger partial charge >= 0.3 is 0 Å². The van der Waals surface area contributed by atoms with Gasteiger partial charge in [0.1, 0.15) is 11.9 Å². The fraction of sp³-hybridized carbons (Fsp3) is 0.500. The molecule has 4 rings (SSSR count).